The molecule has 1 unspecified atom stereocenters. The van der Waals surface area contributed by atoms with Crippen molar-refractivity contribution in [2.75, 3.05) is 13.7 Å². The summed E-state index contributed by atoms with van der Waals surface area (Å²) in [5.41, 5.74) is 2.44. The Morgan fingerprint density at radius 1 is 1.25 bits per heavy atom. The number of halogens is 1. The van der Waals surface area contributed by atoms with Gasteiger partial charge >= 0.3 is 0 Å². The summed E-state index contributed by atoms with van der Waals surface area (Å²) >= 11 is 5.87. The number of furan rings is 1. The molecule has 0 aliphatic carbocycles. The fraction of sp³-hybridized carbons (Fsp3) is 0.375. The molecule has 0 spiro atoms. The van der Waals surface area contributed by atoms with Gasteiger partial charge in [0.15, 0.2) is 5.22 Å². The average Bonchev–Trinajstić information content (AvgIpc) is 2.96. The summed E-state index contributed by atoms with van der Waals surface area (Å²) in [6.45, 7) is 5.12. The van der Waals surface area contributed by atoms with Crippen LogP contribution in [0, 0.1) is 0 Å². The van der Waals surface area contributed by atoms with Gasteiger partial charge in [-0.05, 0) is 48.5 Å². The Labute approximate surface area is 123 Å². The van der Waals surface area contributed by atoms with Crippen LogP contribution in [0.5, 0.6) is 5.75 Å². The molecule has 0 saturated carbocycles. The van der Waals surface area contributed by atoms with Crippen LogP contribution in [0.1, 0.15) is 36.8 Å². The van der Waals surface area contributed by atoms with Gasteiger partial charge in [-0.2, -0.15) is 0 Å². The molecular weight excluding hydrogens is 274 g/mol. The van der Waals surface area contributed by atoms with Crippen molar-refractivity contribution in [1.29, 1.82) is 0 Å². The van der Waals surface area contributed by atoms with Gasteiger partial charge < -0.3 is 14.5 Å². The normalized spacial score (nSPS) is 17.6. The van der Waals surface area contributed by atoms with Gasteiger partial charge in [0.2, 0.25) is 0 Å². The summed E-state index contributed by atoms with van der Waals surface area (Å²) in [6, 6.07) is 9.95. The molecule has 0 amide bonds. The summed E-state index contributed by atoms with van der Waals surface area (Å²) in [7, 11) is 1.91. The van der Waals surface area contributed by atoms with Gasteiger partial charge in [-0.15, -0.1) is 0 Å². The van der Waals surface area contributed by atoms with E-state index >= 15 is 0 Å². The number of hydrogen-bond donors (Lipinski definition) is 1. The molecule has 3 nitrogen and oxygen atoms in total. The molecule has 1 aromatic heterocycles. The van der Waals surface area contributed by atoms with E-state index in [1.165, 1.54) is 5.56 Å². The standard InChI is InChI=1S/C16H18ClNO2/c1-16(2)9-19-12-5-4-10(8-11(12)16)15(18-3)13-6-7-14(17)20-13/h4-8,15,18H,9H2,1-3H3. The lowest BCUT2D eigenvalue weighted by Gasteiger charge is -2.19. The van der Waals surface area contributed by atoms with Crippen molar-refractivity contribution in [3.05, 3.63) is 52.4 Å². The van der Waals surface area contributed by atoms with E-state index in [0.29, 0.717) is 5.22 Å². The molecule has 1 aliphatic rings. The zero-order chi connectivity index (χ0) is 14.3. The minimum Gasteiger partial charge on any atom is -0.492 e. The van der Waals surface area contributed by atoms with Crippen molar-refractivity contribution < 1.29 is 9.15 Å². The first-order valence-corrected chi connectivity index (χ1v) is 7.09. The van der Waals surface area contributed by atoms with E-state index in [1.807, 2.05) is 19.2 Å². The first kappa shape index (κ1) is 13.5. The highest BCUT2D eigenvalue weighted by Crippen LogP contribution is 2.40. The molecule has 1 aliphatic heterocycles. The highest BCUT2D eigenvalue weighted by molar-refractivity contribution is 6.28. The molecule has 2 aromatic rings. The van der Waals surface area contributed by atoms with Gasteiger partial charge in [0.25, 0.3) is 0 Å². The fourth-order valence-electron chi connectivity index (χ4n) is 2.67. The Hall–Kier alpha value is -1.45. The summed E-state index contributed by atoms with van der Waals surface area (Å²) < 4.78 is 11.3. The maximum Gasteiger partial charge on any atom is 0.193 e. The van der Waals surface area contributed by atoms with Gasteiger partial charge in [0.05, 0.1) is 12.6 Å². The predicted octanol–water partition coefficient (Wildman–Crippen LogP) is 3.91. The third-order valence-electron chi connectivity index (χ3n) is 3.82. The molecule has 20 heavy (non-hydrogen) atoms. The third-order valence-corrected chi connectivity index (χ3v) is 4.02. The highest BCUT2D eigenvalue weighted by Gasteiger charge is 2.32. The molecule has 0 radical (unpaired) electrons. The highest BCUT2D eigenvalue weighted by atomic mass is 35.5. The number of nitrogens with one attached hydrogen (secondary N) is 1. The molecule has 3 rings (SSSR count). The molecule has 0 fully saturated rings. The second-order valence-corrected chi connectivity index (χ2v) is 6.16. The lowest BCUT2D eigenvalue weighted by molar-refractivity contribution is 0.291. The first-order valence-electron chi connectivity index (χ1n) is 6.71. The Kier molecular flexibility index (Phi) is 3.27. The van der Waals surface area contributed by atoms with E-state index in [0.717, 1.165) is 23.7 Å². The zero-order valence-electron chi connectivity index (χ0n) is 11.9. The zero-order valence-corrected chi connectivity index (χ0v) is 12.6. The van der Waals surface area contributed by atoms with E-state index in [9.17, 15) is 0 Å². The average molecular weight is 292 g/mol. The van der Waals surface area contributed by atoms with Crippen molar-refractivity contribution in [2.24, 2.45) is 0 Å². The van der Waals surface area contributed by atoms with Crippen molar-refractivity contribution in [3.63, 3.8) is 0 Å². The van der Waals surface area contributed by atoms with E-state index < -0.39 is 0 Å². The Morgan fingerprint density at radius 3 is 2.70 bits per heavy atom. The third kappa shape index (κ3) is 2.21. The van der Waals surface area contributed by atoms with Crippen LogP contribution >= 0.6 is 11.6 Å². The maximum absolute atomic E-state index is 5.87. The Balaban J connectivity index is 2.02. The Bertz CT molecular complexity index is 633. The van der Waals surface area contributed by atoms with Gasteiger partial charge in [0, 0.05) is 11.0 Å². The summed E-state index contributed by atoms with van der Waals surface area (Å²) in [4.78, 5) is 0. The molecule has 0 saturated heterocycles. The van der Waals surface area contributed by atoms with Crippen molar-refractivity contribution in [1.82, 2.24) is 5.32 Å². The van der Waals surface area contributed by atoms with Crippen LogP contribution in [-0.2, 0) is 5.41 Å². The van der Waals surface area contributed by atoms with Crippen LogP contribution in [0.2, 0.25) is 5.22 Å². The van der Waals surface area contributed by atoms with Gasteiger partial charge in [-0.1, -0.05) is 19.9 Å². The lowest BCUT2D eigenvalue weighted by atomic mass is 9.85. The van der Waals surface area contributed by atoms with E-state index in [-0.39, 0.29) is 11.5 Å². The van der Waals surface area contributed by atoms with Crippen LogP contribution in [0.25, 0.3) is 0 Å². The molecule has 106 valence electrons. The van der Waals surface area contributed by atoms with Crippen LogP contribution in [-0.4, -0.2) is 13.7 Å². The van der Waals surface area contributed by atoms with E-state index in [4.69, 9.17) is 20.8 Å². The van der Waals surface area contributed by atoms with Gasteiger partial charge in [0.1, 0.15) is 11.5 Å². The molecule has 4 heteroatoms. The van der Waals surface area contributed by atoms with Gasteiger partial charge in [-0.3, -0.25) is 0 Å². The second kappa shape index (κ2) is 4.83. The van der Waals surface area contributed by atoms with E-state index in [1.54, 1.807) is 6.07 Å². The van der Waals surface area contributed by atoms with Crippen molar-refractivity contribution >= 4 is 11.6 Å². The lowest BCUT2D eigenvalue weighted by Crippen LogP contribution is -2.20. The minimum absolute atomic E-state index is 0.0100. The molecular formula is C16H18ClNO2. The van der Waals surface area contributed by atoms with E-state index in [2.05, 4.69) is 31.3 Å². The maximum atomic E-state index is 5.87. The van der Waals surface area contributed by atoms with Crippen molar-refractivity contribution in [3.8, 4) is 5.75 Å². The predicted molar refractivity (Wildman–Crippen MR) is 79.6 cm³/mol. The minimum atomic E-state index is -0.0100. The molecule has 1 atom stereocenters. The molecule has 2 heterocycles. The molecule has 1 aromatic carbocycles. The topological polar surface area (TPSA) is 34.4 Å². The number of fused-ring (bicyclic) bond motifs is 1. The molecule has 0 bridgehead atoms. The molecule has 1 N–H and O–H groups in total. The summed E-state index contributed by atoms with van der Waals surface area (Å²) in [5.74, 6) is 1.79. The number of benzene rings is 1. The smallest absolute Gasteiger partial charge is 0.193 e. The Morgan fingerprint density at radius 2 is 2.05 bits per heavy atom. The summed E-state index contributed by atoms with van der Waals surface area (Å²) in [6.07, 6.45) is 0. The number of hydrogen-bond acceptors (Lipinski definition) is 3. The van der Waals surface area contributed by atoms with Crippen molar-refractivity contribution in [2.45, 2.75) is 25.3 Å². The van der Waals surface area contributed by atoms with Crippen LogP contribution < -0.4 is 10.1 Å². The first-order chi connectivity index (χ1) is 9.51. The SMILES string of the molecule is CNC(c1ccc2c(c1)C(C)(C)CO2)c1ccc(Cl)o1. The van der Waals surface area contributed by atoms with Gasteiger partial charge in [-0.25, -0.2) is 0 Å². The monoisotopic (exact) mass is 291 g/mol. The van der Waals surface area contributed by atoms with Crippen LogP contribution in [0.15, 0.2) is 34.7 Å². The fourth-order valence-corrected chi connectivity index (χ4v) is 2.83. The quantitative estimate of drug-likeness (QED) is 0.931. The summed E-state index contributed by atoms with van der Waals surface area (Å²) in [5, 5.41) is 3.68. The number of rotatable bonds is 3. The second-order valence-electron chi connectivity index (χ2n) is 5.79. The largest absolute Gasteiger partial charge is 0.492 e. The van der Waals surface area contributed by atoms with Crippen LogP contribution in [0.4, 0.5) is 0 Å². The number of ether oxygens (including phenoxy) is 1. The van der Waals surface area contributed by atoms with Crippen LogP contribution in [0.3, 0.4) is 0 Å².